The number of aromatic nitrogens is 4. The van der Waals surface area contributed by atoms with Gasteiger partial charge in [-0.05, 0) is 75.5 Å². The van der Waals surface area contributed by atoms with E-state index in [-0.39, 0.29) is 5.41 Å². The molecule has 0 aliphatic heterocycles. The van der Waals surface area contributed by atoms with Gasteiger partial charge < -0.3 is 8.83 Å². The lowest BCUT2D eigenvalue weighted by molar-refractivity contribution is 0.622. The van der Waals surface area contributed by atoms with Gasteiger partial charge in [0.1, 0.15) is 16.7 Å². The number of fused-ring (bicyclic) bond motifs is 10. The van der Waals surface area contributed by atoms with Crippen LogP contribution < -0.4 is 0 Å². The quantitative estimate of drug-likeness (QED) is 0.184. The molecule has 0 radical (unpaired) electrons. The fraction of sp³-hybridized carbons (Fsp3) is 0.0638. The Hall–Kier alpha value is -6.92. The largest absolute Gasteiger partial charge is 0.456 e. The molecular weight excluding hydrogens is 653 g/mol. The Morgan fingerprint density at radius 2 is 1.08 bits per heavy atom. The van der Waals surface area contributed by atoms with Gasteiger partial charge in [-0.25, -0.2) is 19.9 Å². The lowest BCUT2D eigenvalue weighted by atomic mass is 9.82. The molecule has 0 unspecified atom stereocenters. The molecule has 3 heterocycles. The van der Waals surface area contributed by atoms with Crippen molar-refractivity contribution >= 4 is 43.8 Å². The first kappa shape index (κ1) is 29.8. The molecule has 11 rings (SSSR count). The Labute approximate surface area is 304 Å². The second kappa shape index (κ2) is 11.0. The SMILES string of the molecule is CC1(C)c2ccccc2-c2ccc(-c3nc(-c4ccccc4)nc(-c4ccc5c(ccc6oc7ccc8nc(-c9ccccc9)oc8c7c65)c4)n3)cc21. The van der Waals surface area contributed by atoms with Crippen molar-refractivity contribution in [3.63, 3.8) is 0 Å². The number of nitrogens with zero attached hydrogens (tertiary/aromatic N) is 4. The van der Waals surface area contributed by atoms with Crippen LogP contribution in [0.2, 0.25) is 0 Å². The summed E-state index contributed by atoms with van der Waals surface area (Å²) < 4.78 is 12.8. The molecule has 0 spiro atoms. The summed E-state index contributed by atoms with van der Waals surface area (Å²) in [5, 5.41) is 4.00. The minimum atomic E-state index is -0.138. The first-order valence-corrected chi connectivity index (χ1v) is 17.8. The second-order valence-electron chi connectivity index (χ2n) is 14.3. The van der Waals surface area contributed by atoms with Gasteiger partial charge in [0.2, 0.25) is 5.89 Å². The molecule has 0 N–H and O–H groups in total. The van der Waals surface area contributed by atoms with E-state index in [9.17, 15) is 0 Å². The molecule has 6 nitrogen and oxygen atoms in total. The van der Waals surface area contributed by atoms with Gasteiger partial charge in [0, 0.05) is 33.1 Å². The van der Waals surface area contributed by atoms with Crippen LogP contribution in [0.5, 0.6) is 0 Å². The molecule has 0 saturated carbocycles. The van der Waals surface area contributed by atoms with Crippen LogP contribution in [0.25, 0.3) is 101 Å². The van der Waals surface area contributed by atoms with E-state index in [1.165, 1.54) is 22.3 Å². The number of hydrogen-bond acceptors (Lipinski definition) is 6. The topological polar surface area (TPSA) is 77.8 Å². The van der Waals surface area contributed by atoms with E-state index < -0.39 is 0 Å². The molecule has 1 aliphatic rings. The summed E-state index contributed by atoms with van der Waals surface area (Å²) in [6, 6.07) is 49.8. The van der Waals surface area contributed by atoms with Gasteiger partial charge in [-0.2, -0.15) is 0 Å². The monoisotopic (exact) mass is 682 g/mol. The van der Waals surface area contributed by atoms with Gasteiger partial charge in [0.25, 0.3) is 0 Å². The number of hydrogen-bond donors (Lipinski definition) is 0. The second-order valence-corrected chi connectivity index (χ2v) is 14.3. The van der Waals surface area contributed by atoms with Crippen LogP contribution >= 0.6 is 0 Å². The normalized spacial score (nSPS) is 13.2. The minimum Gasteiger partial charge on any atom is -0.456 e. The predicted octanol–water partition coefficient (Wildman–Crippen LogP) is 12.0. The zero-order valence-corrected chi connectivity index (χ0v) is 29.0. The first-order valence-electron chi connectivity index (χ1n) is 17.8. The molecular formula is C47H30N4O2. The Bertz CT molecular complexity index is 3090. The fourth-order valence-corrected chi connectivity index (χ4v) is 8.10. The molecule has 0 atom stereocenters. The Morgan fingerprint density at radius 3 is 1.87 bits per heavy atom. The summed E-state index contributed by atoms with van der Waals surface area (Å²) >= 11 is 0. The summed E-state index contributed by atoms with van der Waals surface area (Å²) in [6.07, 6.45) is 0. The highest BCUT2D eigenvalue weighted by molar-refractivity contribution is 6.25. The van der Waals surface area contributed by atoms with Gasteiger partial charge in [-0.15, -0.1) is 0 Å². The highest BCUT2D eigenvalue weighted by Gasteiger charge is 2.35. The molecule has 1 aliphatic carbocycles. The van der Waals surface area contributed by atoms with Crippen molar-refractivity contribution in [2.24, 2.45) is 0 Å². The van der Waals surface area contributed by atoms with Gasteiger partial charge in [0.15, 0.2) is 23.1 Å². The average Bonchev–Trinajstić information content (AvgIpc) is 3.89. The van der Waals surface area contributed by atoms with Gasteiger partial charge in [-0.3, -0.25) is 0 Å². The molecule has 7 aromatic carbocycles. The van der Waals surface area contributed by atoms with Crippen LogP contribution in [0.4, 0.5) is 0 Å². The van der Waals surface area contributed by atoms with Gasteiger partial charge in [0.05, 0.1) is 5.39 Å². The maximum absolute atomic E-state index is 6.45. The summed E-state index contributed by atoms with van der Waals surface area (Å²) in [5.74, 6) is 2.47. The van der Waals surface area contributed by atoms with Crippen molar-refractivity contribution in [3.8, 4) is 56.7 Å². The number of rotatable bonds is 4. The Balaban J connectivity index is 1.08. The van der Waals surface area contributed by atoms with E-state index in [1.54, 1.807) is 0 Å². The molecule has 3 aromatic heterocycles. The summed E-state index contributed by atoms with van der Waals surface area (Å²) in [6.45, 7) is 4.58. The zero-order chi connectivity index (χ0) is 35.3. The third-order valence-corrected chi connectivity index (χ3v) is 10.8. The highest BCUT2D eigenvalue weighted by atomic mass is 16.4. The molecule has 53 heavy (non-hydrogen) atoms. The van der Waals surface area contributed by atoms with E-state index in [1.807, 2.05) is 78.9 Å². The third-order valence-electron chi connectivity index (χ3n) is 10.8. The van der Waals surface area contributed by atoms with Crippen LogP contribution in [0.1, 0.15) is 25.0 Å². The maximum atomic E-state index is 6.45. The van der Waals surface area contributed by atoms with Crippen molar-refractivity contribution in [2.45, 2.75) is 19.3 Å². The van der Waals surface area contributed by atoms with Crippen LogP contribution in [0, 0.1) is 0 Å². The number of benzene rings is 7. The van der Waals surface area contributed by atoms with Gasteiger partial charge >= 0.3 is 0 Å². The molecule has 0 amide bonds. The lowest BCUT2D eigenvalue weighted by Crippen LogP contribution is -2.15. The summed E-state index contributed by atoms with van der Waals surface area (Å²) in [5.41, 5.74) is 11.8. The predicted molar refractivity (Wildman–Crippen MR) is 211 cm³/mol. The van der Waals surface area contributed by atoms with E-state index in [0.29, 0.717) is 28.9 Å². The van der Waals surface area contributed by atoms with E-state index in [0.717, 1.165) is 60.5 Å². The molecule has 0 saturated heterocycles. The Morgan fingerprint density at radius 1 is 0.453 bits per heavy atom. The average molecular weight is 683 g/mol. The van der Waals surface area contributed by atoms with Crippen LogP contribution in [0.3, 0.4) is 0 Å². The van der Waals surface area contributed by atoms with Crippen LogP contribution in [-0.4, -0.2) is 19.9 Å². The number of furan rings is 1. The third kappa shape index (κ3) is 4.52. The smallest absolute Gasteiger partial charge is 0.227 e. The minimum absolute atomic E-state index is 0.138. The van der Waals surface area contributed by atoms with E-state index in [4.69, 9.17) is 28.8 Å². The molecule has 0 fully saturated rings. The molecule has 10 aromatic rings. The van der Waals surface area contributed by atoms with Crippen LogP contribution in [0.15, 0.2) is 154 Å². The van der Waals surface area contributed by atoms with Crippen molar-refractivity contribution in [2.75, 3.05) is 0 Å². The van der Waals surface area contributed by atoms with Crippen molar-refractivity contribution in [3.05, 3.63) is 157 Å². The molecule has 250 valence electrons. The maximum Gasteiger partial charge on any atom is 0.227 e. The van der Waals surface area contributed by atoms with E-state index >= 15 is 0 Å². The van der Waals surface area contributed by atoms with Crippen molar-refractivity contribution in [1.82, 2.24) is 19.9 Å². The Kier molecular flexibility index (Phi) is 6.20. The van der Waals surface area contributed by atoms with Crippen LogP contribution in [-0.2, 0) is 5.41 Å². The highest BCUT2D eigenvalue weighted by Crippen LogP contribution is 2.49. The van der Waals surface area contributed by atoms with Crippen molar-refractivity contribution < 1.29 is 8.83 Å². The zero-order valence-electron chi connectivity index (χ0n) is 29.0. The summed E-state index contributed by atoms with van der Waals surface area (Å²) in [4.78, 5) is 20.1. The molecule has 6 heteroatoms. The van der Waals surface area contributed by atoms with Gasteiger partial charge in [-0.1, -0.05) is 117 Å². The standard InChI is InChI=1S/C47H30N4O2/c1-47(2)35-16-10-9-15-33(35)34-21-18-31(26-36(34)47)45-50-43(27-11-5-3-6-12-27)49-44(51-45)30-17-20-32-29(25-30)19-23-38-40(32)41-39(52-38)24-22-37-42(41)53-46(48-37)28-13-7-4-8-14-28/h3-26H,1-2H3. The summed E-state index contributed by atoms with van der Waals surface area (Å²) in [7, 11) is 0. The number of oxazole rings is 1. The van der Waals surface area contributed by atoms with E-state index in [2.05, 4.69) is 80.6 Å². The lowest BCUT2D eigenvalue weighted by Gasteiger charge is -2.21. The van der Waals surface area contributed by atoms with Crippen molar-refractivity contribution in [1.29, 1.82) is 0 Å². The fourth-order valence-electron chi connectivity index (χ4n) is 8.10. The first-order chi connectivity index (χ1) is 26.0. The molecule has 0 bridgehead atoms.